The number of Topliss-reactive ketones (excluding diaryl/α,β-unsaturated/α-hetero) is 1. The van der Waals surface area contributed by atoms with Crippen LogP contribution in [0.3, 0.4) is 0 Å². The summed E-state index contributed by atoms with van der Waals surface area (Å²) in [6.07, 6.45) is 0.311. The van der Waals surface area contributed by atoms with Crippen LogP contribution in [0.1, 0.15) is 73.6 Å². The molecule has 0 saturated carbocycles. The molecule has 13 N–H and O–H groups in total. The maximum absolute atomic E-state index is 13.1. The van der Waals surface area contributed by atoms with Gasteiger partial charge >= 0.3 is 5.97 Å². The molecule has 0 aliphatic carbocycles. The Kier molecular flexibility index (Phi) is 21.3. The highest BCUT2D eigenvalue weighted by atomic mass is 16.4. The lowest BCUT2D eigenvalue weighted by atomic mass is 9.94. The van der Waals surface area contributed by atoms with Gasteiger partial charge in [-0.1, -0.05) is 41.5 Å². The number of carbonyl (C=O) groups is 8. The van der Waals surface area contributed by atoms with Crippen LogP contribution in [0.2, 0.25) is 0 Å². The predicted octanol–water partition coefficient (Wildman–Crippen LogP) is -2.83. The molecular weight excluding hydrogens is 656 g/mol. The lowest BCUT2D eigenvalue weighted by Gasteiger charge is -2.24. The van der Waals surface area contributed by atoms with Crippen LogP contribution < -0.4 is 48.7 Å². The zero-order valence-electron chi connectivity index (χ0n) is 29.8. The molecule has 0 fully saturated rings. The van der Waals surface area contributed by atoms with E-state index in [4.69, 9.17) is 16.9 Å². The molecule has 0 saturated heterocycles. The zero-order chi connectivity index (χ0) is 38.6. The molecule has 0 aliphatic rings. The molecule has 0 aromatic heterocycles. The second-order valence-corrected chi connectivity index (χ2v) is 13.0. The third-order valence-corrected chi connectivity index (χ3v) is 6.96. The lowest BCUT2D eigenvalue weighted by Crippen LogP contribution is -2.56. The Morgan fingerprint density at radius 1 is 0.640 bits per heavy atom. The largest absolute Gasteiger partial charge is 0.481 e. The third-order valence-electron chi connectivity index (χ3n) is 6.96. The molecular formula is C31H56N10O9. The summed E-state index contributed by atoms with van der Waals surface area (Å²) >= 11 is 0. The molecule has 0 aliphatic heterocycles. The number of hydrogen-bond donors (Lipinski definition) is 11. The molecule has 0 heterocycles. The summed E-state index contributed by atoms with van der Waals surface area (Å²) in [7, 11) is 0. The van der Waals surface area contributed by atoms with E-state index in [0.29, 0.717) is 19.4 Å². The van der Waals surface area contributed by atoms with Gasteiger partial charge in [-0.15, -0.1) is 0 Å². The first kappa shape index (κ1) is 45.2. The van der Waals surface area contributed by atoms with Crippen LogP contribution in [0.4, 0.5) is 0 Å². The highest BCUT2D eigenvalue weighted by Gasteiger charge is 2.30. The number of ketones is 1. The van der Waals surface area contributed by atoms with Gasteiger partial charge in [0.05, 0.1) is 38.1 Å². The molecule has 6 amide bonds. The summed E-state index contributed by atoms with van der Waals surface area (Å²) < 4.78 is 0. The van der Waals surface area contributed by atoms with Crippen molar-refractivity contribution in [2.75, 3.05) is 26.2 Å². The van der Waals surface area contributed by atoms with Crippen molar-refractivity contribution in [2.45, 2.75) is 97.8 Å². The van der Waals surface area contributed by atoms with E-state index in [1.165, 1.54) is 0 Å². The van der Waals surface area contributed by atoms with Gasteiger partial charge in [0, 0.05) is 12.5 Å². The summed E-state index contributed by atoms with van der Waals surface area (Å²) in [5.41, 5.74) is 11.0. The Bertz CT molecular complexity index is 1210. The van der Waals surface area contributed by atoms with Gasteiger partial charge in [0.2, 0.25) is 35.4 Å². The Labute approximate surface area is 292 Å². The molecule has 0 radical (unpaired) electrons. The SMILES string of the molecule is CC(C)CC(NC(=O)C(CC(=O)O)NC(=O)CNC(=O)C(N)CCCNC(=N)N)C(=O)NCC(=O)NCC(=O)NC(CC(C)C)C(=O)C(C)C. The van der Waals surface area contributed by atoms with E-state index in [1.807, 2.05) is 13.8 Å². The summed E-state index contributed by atoms with van der Waals surface area (Å²) in [6.45, 7) is 9.51. The van der Waals surface area contributed by atoms with Crippen LogP contribution in [0.25, 0.3) is 0 Å². The fourth-order valence-corrected chi connectivity index (χ4v) is 4.48. The highest BCUT2D eigenvalue weighted by molar-refractivity contribution is 5.96. The molecule has 284 valence electrons. The van der Waals surface area contributed by atoms with E-state index in [-0.39, 0.29) is 42.3 Å². The monoisotopic (exact) mass is 712 g/mol. The summed E-state index contributed by atoms with van der Waals surface area (Å²) in [6, 6.07) is -4.52. The standard InChI is InChI=1S/C31H56N10O9/c1-16(2)10-20(27(47)18(5)6)39-24(43)14-36-23(42)13-38-29(49)21(11-17(3)4)41-30(50)22(12-26(45)46)40-25(44)15-37-28(48)19(32)8-7-9-35-31(33)34/h16-22H,7-15,32H2,1-6H3,(H,36,42)(H,37,48)(H,38,49)(H,39,43)(H,40,44)(H,41,50)(H,45,46)(H4,33,34,35). The van der Waals surface area contributed by atoms with Gasteiger partial charge in [0.25, 0.3) is 0 Å². The molecule has 0 aromatic carbocycles. The quantitative estimate of drug-likeness (QED) is 0.0274. The average molecular weight is 713 g/mol. The Morgan fingerprint density at radius 2 is 1.14 bits per heavy atom. The number of aliphatic carboxylic acids is 1. The average Bonchev–Trinajstić information content (AvgIpc) is 3.01. The molecule has 0 bridgehead atoms. The van der Waals surface area contributed by atoms with Crippen LogP contribution in [-0.4, -0.2) is 109 Å². The molecule has 50 heavy (non-hydrogen) atoms. The van der Waals surface area contributed by atoms with Gasteiger partial charge in [-0.2, -0.15) is 0 Å². The van der Waals surface area contributed by atoms with Crippen molar-refractivity contribution in [3.8, 4) is 0 Å². The van der Waals surface area contributed by atoms with Crippen LogP contribution in [0.15, 0.2) is 0 Å². The van der Waals surface area contributed by atoms with Crippen molar-refractivity contribution in [1.29, 1.82) is 5.41 Å². The van der Waals surface area contributed by atoms with Crippen LogP contribution in [0, 0.1) is 23.2 Å². The van der Waals surface area contributed by atoms with E-state index in [9.17, 15) is 43.5 Å². The van der Waals surface area contributed by atoms with E-state index in [0.717, 1.165) is 0 Å². The number of nitrogens with two attached hydrogens (primary N) is 2. The second kappa shape index (κ2) is 23.5. The number of guanidine groups is 1. The highest BCUT2D eigenvalue weighted by Crippen LogP contribution is 2.10. The number of rotatable bonds is 24. The molecule has 4 unspecified atom stereocenters. The molecule has 4 atom stereocenters. The summed E-state index contributed by atoms with van der Waals surface area (Å²) in [5, 5.41) is 33.3. The number of hydrogen-bond acceptors (Lipinski definition) is 10. The van der Waals surface area contributed by atoms with Gasteiger partial charge in [0.15, 0.2) is 11.7 Å². The first-order valence-corrected chi connectivity index (χ1v) is 16.5. The topological polar surface area (TPSA) is 317 Å². The smallest absolute Gasteiger partial charge is 0.305 e. The van der Waals surface area contributed by atoms with Crippen molar-refractivity contribution in [1.82, 2.24) is 37.2 Å². The van der Waals surface area contributed by atoms with E-state index in [1.54, 1.807) is 27.7 Å². The summed E-state index contributed by atoms with van der Waals surface area (Å²) in [4.78, 5) is 99.5. The van der Waals surface area contributed by atoms with Crippen molar-refractivity contribution < 1.29 is 43.5 Å². The predicted molar refractivity (Wildman–Crippen MR) is 183 cm³/mol. The van der Waals surface area contributed by atoms with Crippen molar-refractivity contribution in [2.24, 2.45) is 29.2 Å². The minimum Gasteiger partial charge on any atom is -0.481 e. The van der Waals surface area contributed by atoms with Crippen LogP contribution in [-0.2, 0) is 38.4 Å². The van der Waals surface area contributed by atoms with Gasteiger partial charge in [-0.3, -0.25) is 43.8 Å². The Morgan fingerprint density at radius 3 is 1.66 bits per heavy atom. The van der Waals surface area contributed by atoms with E-state index < -0.39 is 91.6 Å². The maximum atomic E-state index is 13.1. The van der Waals surface area contributed by atoms with Crippen LogP contribution in [0.5, 0.6) is 0 Å². The van der Waals surface area contributed by atoms with Gasteiger partial charge < -0.3 is 53.8 Å². The molecule has 0 aromatic rings. The molecule has 0 rings (SSSR count). The van der Waals surface area contributed by atoms with Gasteiger partial charge in [-0.25, -0.2) is 0 Å². The van der Waals surface area contributed by atoms with E-state index in [2.05, 4.69) is 37.2 Å². The number of carbonyl (C=O) groups excluding carboxylic acids is 7. The number of carboxylic acid groups (broad SMARTS) is 1. The van der Waals surface area contributed by atoms with Crippen LogP contribution >= 0.6 is 0 Å². The first-order chi connectivity index (χ1) is 23.2. The van der Waals surface area contributed by atoms with Gasteiger partial charge in [-0.05, 0) is 37.5 Å². The Balaban J connectivity index is 5.17. The zero-order valence-corrected chi connectivity index (χ0v) is 29.8. The van der Waals surface area contributed by atoms with Gasteiger partial charge in [0.1, 0.15) is 12.1 Å². The fraction of sp³-hybridized carbons (Fsp3) is 0.710. The normalized spacial score (nSPS) is 13.3. The third kappa shape index (κ3) is 20.5. The van der Waals surface area contributed by atoms with Crippen molar-refractivity contribution in [3.63, 3.8) is 0 Å². The fourth-order valence-electron chi connectivity index (χ4n) is 4.48. The minimum absolute atomic E-state index is 0.0896. The van der Waals surface area contributed by atoms with Crippen molar-refractivity contribution >= 4 is 53.2 Å². The van der Waals surface area contributed by atoms with Crippen molar-refractivity contribution in [3.05, 3.63) is 0 Å². The first-order valence-electron chi connectivity index (χ1n) is 16.5. The second-order valence-electron chi connectivity index (χ2n) is 13.0. The Hall–Kier alpha value is -4.81. The maximum Gasteiger partial charge on any atom is 0.305 e. The van der Waals surface area contributed by atoms with E-state index >= 15 is 0 Å². The minimum atomic E-state index is -1.62. The number of nitrogens with one attached hydrogen (secondary N) is 8. The number of amides is 6. The molecule has 19 heteroatoms. The summed E-state index contributed by atoms with van der Waals surface area (Å²) in [5.74, 6) is -6.70. The molecule has 19 nitrogen and oxygen atoms in total. The molecule has 0 spiro atoms. The number of carboxylic acids is 1. The lowest BCUT2D eigenvalue weighted by molar-refractivity contribution is -0.141.